The van der Waals surface area contributed by atoms with Gasteiger partial charge in [-0.05, 0) is 13.8 Å². The summed E-state index contributed by atoms with van der Waals surface area (Å²) < 4.78 is 36.0. The van der Waals surface area contributed by atoms with Gasteiger partial charge in [0.05, 0.1) is 5.69 Å². The van der Waals surface area contributed by atoms with Crippen LogP contribution in [0.4, 0.5) is 13.2 Å². The summed E-state index contributed by atoms with van der Waals surface area (Å²) in [5.41, 5.74) is 0.531. The topological polar surface area (TPSA) is 33.1 Å². The Bertz CT molecular complexity index is 288. The predicted molar refractivity (Wildman–Crippen MR) is 42.6 cm³/mol. The number of thiazole rings is 1. The normalized spacial score (nSPS) is 14.6. The van der Waals surface area contributed by atoms with Crippen LogP contribution in [0.3, 0.4) is 0 Å². The molecule has 0 spiro atoms. The van der Waals surface area contributed by atoms with Crippen LogP contribution >= 0.6 is 11.3 Å². The average Bonchev–Trinajstić information content (AvgIpc) is 2.29. The van der Waals surface area contributed by atoms with E-state index in [-0.39, 0.29) is 5.01 Å². The van der Waals surface area contributed by atoms with E-state index in [0.717, 1.165) is 11.3 Å². The van der Waals surface area contributed by atoms with Crippen molar-refractivity contribution in [1.29, 1.82) is 0 Å². The lowest BCUT2D eigenvalue weighted by atomic mass is 10.3. The third kappa shape index (κ3) is 2.19. The number of nitrogens with zero attached hydrogens (tertiary/aromatic N) is 1. The fourth-order valence-corrected chi connectivity index (χ4v) is 1.69. The van der Waals surface area contributed by atoms with Crippen molar-refractivity contribution in [3.05, 3.63) is 15.6 Å². The zero-order chi connectivity index (χ0) is 10.2. The van der Waals surface area contributed by atoms with E-state index in [2.05, 4.69) is 4.98 Å². The lowest BCUT2D eigenvalue weighted by Gasteiger charge is -2.10. The van der Waals surface area contributed by atoms with Gasteiger partial charge >= 0.3 is 6.18 Å². The van der Waals surface area contributed by atoms with E-state index in [1.54, 1.807) is 13.8 Å². The van der Waals surface area contributed by atoms with Gasteiger partial charge in [0.1, 0.15) is 5.01 Å². The molecule has 0 saturated carbocycles. The summed E-state index contributed by atoms with van der Waals surface area (Å²) in [6.45, 7) is 3.28. The van der Waals surface area contributed by atoms with Gasteiger partial charge in [0.2, 0.25) is 6.10 Å². The number of alkyl halides is 3. The standard InChI is InChI=1S/C7H8F3NOS/c1-3-4(2)13-6(11-3)5(12)7(8,9)10/h5,12H,1-2H3. The molecule has 1 N–H and O–H groups in total. The molecule has 1 aromatic heterocycles. The van der Waals surface area contributed by atoms with Crippen LogP contribution in [-0.4, -0.2) is 16.3 Å². The first-order valence-electron chi connectivity index (χ1n) is 3.51. The number of aliphatic hydroxyl groups excluding tert-OH is 1. The van der Waals surface area contributed by atoms with Gasteiger partial charge in [0, 0.05) is 4.88 Å². The molecule has 1 rings (SSSR count). The zero-order valence-electron chi connectivity index (χ0n) is 7.01. The number of aliphatic hydroxyl groups is 1. The van der Waals surface area contributed by atoms with Crippen molar-refractivity contribution in [2.24, 2.45) is 0 Å². The number of hydrogen-bond donors (Lipinski definition) is 1. The molecule has 1 aromatic rings. The molecule has 0 aliphatic rings. The maximum atomic E-state index is 12.0. The fraction of sp³-hybridized carbons (Fsp3) is 0.571. The predicted octanol–water partition coefficient (Wildman–Crippen LogP) is 2.36. The second-order valence-electron chi connectivity index (χ2n) is 2.64. The Balaban J connectivity index is 2.96. The Morgan fingerprint density at radius 2 is 1.92 bits per heavy atom. The smallest absolute Gasteiger partial charge is 0.377 e. The molecule has 0 fully saturated rings. The molecule has 1 atom stereocenters. The maximum Gasteiger partial charge on any atom is 0.420 e. The summed E-state index contributed by atoms with van der Waals surface area (Å²) >= 11 is 0.868. The molecular weight excluding hydrogens is 203 g/mol. The van der Waals surface area contributed by atoms with Crippen LogP contribution < -0.4 is 0 Å². The second-order valence-corrected chi connectivity index (χ2v) is 3.87. The largest absolute Gasteiger partial charge is 0.420 e. The minimum atomic E-state index is -4.63. The minimum Gasteiger partial charge on any atom is -0.377 e. The van der Waals surface area contributed by atoms with Crippen LogP contribution in [0, 0.1) is 13.8 Å². The highest BCUT2D eigenvalue weighted by Gasteiger charge is 2.41. The number of rotatable bonds is 1. The van der Waals surface area contributed by atoms with Gasteiger partial charge in [0.25, 0.3) is 0 Å². The summed E-state index contributed by atoms with van der Waals surface area (Å²) in [7, 11) is 0. The quantitative estimate of drug-likeness (QED) is 0.773. The Morgan fingerprint density at radius 3 is 2.23 bits per heavy atom. The molecule has 2 nitrogen and oxygen atoms in total. The first-order chi connectivity index (χ1) is 5.82. The van der Waals surface area contributed by atoms with Crippen LogP contribution in [0.25, 0.3) is 0 Å². The number of aromatic nitrogens is 1. The van der Waals surface area contributed by atoms with E-state index in [9.17, 15) is 13.2 Å². The minimum absolute atomic E-state index is 0.289. The molecule has 0 saturated heterocycles. The monoisotopic (exact) mass is 211 g/mol. The molecule has 0 bridgehead atoms. The highest BCUT2D eigenvalue weighted by Crippen LogP contribution is 2.35. The SMILES string of the molecule is Cc1nc(C(O)C(F)(F)F)sc1C. The summed E-state index contributed by atoms with van der Waals surface area (Å²) in [6.07, 6.45) is -7.08. The number of hydrogen-bond acceptors (Lipinski definition) is 3. The third-order valence-electron chi connectivity index (χ3n) is 1.59. The Kier molecular flexibility index (Phi) is 2.63. The van der Waals surface area contributed by atoms with Crippen molar-refractivity contribution in [2.75, 3.05) is 0 Å². The van der Waals surface area contributed by atoms with Crippen LogP contribution in [0.2, 0.25) is 0 Å². The average molecular weight is 211 g/mol. The second kappa shape index (κ2) is 3.26. The van der Waals surface area contributed by atoms with Crippen molar-refractivity contribution in [3.8, 4) is 0 Å². The van der Waals surface area contributed by atoms with Gasteiger partial charge in [-0.25, -0.2) is 4.98 Å². The van der Waals surface area contributed by atoms with Crippen LogP contribution in [-0.2, 0) is 0 Å². The summed E-state index contributed by atoms with van der Waals surface area (Å²) in [4.78, 5) is 4.32. The molecule has 0 radical (unpaired) electrons. The Hall–Kier alpha value is -0.620. The van der Waals surface area contributed by atoms with Gasteiger partial charge in [-0.2, -0.15) is 13.2 Å². The molecule has 1 unspecified atom stereocenters. The van der Waals surface area contributed by atoms with Gasteiger partial charge in [0.15, 0.2) is 0 Å². The summed E-state index contributed by atoms with van der Waals surface area (Å²) in [5.74, 6) is 0. The first-order valence-corrected chi connectivity index (χ1v) is 4.32. The summed E-state index contributed by atoms with van der Waals surface area (Å²) in [6, 6.07) is 0. The maximum absolute atomic E-state index is 12.0. The molecule has 0 aliphatic heterocycles. The van der Waals surface area contributed by atoms with E-state index in [1.807, 2.05) is 0 Å². The summed E-state index contributed by atoms with van der Waals surface area (Å²) in [5, 5.41) is 8.53. The lowest BCUT2D eigenvalue weighted by molar-refractivity contribution is -0.206. The van der Waals surface area contributed by atoms with Gasteiger partial charge in [-0.1, -0.05) is 0 Å². The molecule has 0 aromatic carbocycles. The molecule has 0 amide bonds. The van der Waals surface area contributed by atoms with Gasteiger partial charge in [-0.3, -0.25) is 0 Å². The van der Waals surface area contributed by atoms with Gasteiger partial charge in [-0.15, -0.1) is 11.3 Å². The Morgan fingerprint density at radius 1 is 1.38 bits per heavy atom. The molecule has 13 heavy (non-hydrogen) atoms. The van der Waals surface area contributed by atoms with Crippen LogP contribution in [0.15, 0.2) is 0 Å². The van der Waals surface area contributed by atoms with Crippen LogP contribution in [0.5, 0.6) is 0 Å². The van der Waals surface area contributed by atoms with Crippen LogP contribution in [0.1, 0.15) is 21.7 Å². The third-order valence-corrected chi connectivity index (χ3v) is 2.71. The van der Waals surface area contributed by atoms with E-state index in [0.29, 0.717) is 10.6 Å². The molecular formula is C7H8F3NOS. The van der Waals surface area contributed by atoms with Gasteiger partial charge < -0.3 is 5.11 Å². The number of halogens is 3. The highest BCUT2D eigenvalue weighted by molar-refractivity contribution is 7.11. The molecule has 1 heterocycles. The van der Waals surface area contributed by atoms with Crippen molar-refractivity contribution in [2.45, 2.75) is 26.1 Å². The first kappa shape index (κ1) is 10.5. The Labute approximate surface area is 77.0 Å². The van der Waals surface area contributed by atoms with E-state index < -0.39 is 12.3 Å². The van der Waals surface area contributed by atoms with Crippen molar-refractivity contribution >= 4 is 11.3 Å². The number of aryl methyl sites for hydroxylation is 2. The van der Waals surface area contributed by atoms with Crippen molar-refractivity contribution in [3.63, 3.8) is 0 Å². The fourth-order valence-electron chi connectivity index (χ4n) is 0.755. The molecule has 74 valence electrons. The van der Waals surface area contributed by atoms with Crippen molar-refractivity contribution in [1.82, 2.24) is 4.98 Å². The van der Waals surface area contributed by atoms with Crippen molar-refractivity contribution < 1.29 is 18.3 Å². The van der Waals surface area contributed by atoms with E-state index in [4.69, 9.17) is 5.11 Å². The lowest BCUT2D eigenvalue weighted by Crippen LogP contribution is -2.19. The molecule has 6 heteroatoms. The molecule has 0 aliphatic carbocycles. The van der Waals surface area contributed by atoms with E-state index in [1.165, 1.54) is 0 Å². The zero-order valence-corrected chi connectivity index (χ0v) is 7.83. The van der Waals surface area contributed by atoms with E-state index >= 15 is 0 Å². The highest BCUT2D eigenvalue weighted by atomic mass is 32.1.